The number of benzene rings is 2. The van der Waals surface area contributed by atoms with Crippen LogP contribution in [0.2, 0.25) is 0 Å². The third-order valence-electron chi connectivity index (χ3n) is 4.24. The number of anilines is 2. The number of aryl methyl sites for hydroxylation is 1. The highest BCUT2D eigenvalue weighted by Gasteiger charge is 2.18. The maximum absolute atomic E-state index is 12.7. The highest BCUT2D eigenvalue weighted by Crippen LogP contribution is 2.19. The minimum atomic E-state index is -3.83. The number of amides is 2. The molecule has 0 spiro atoms. The van der Waals surface area contributed by atoms with Crippen LogP contribution in [0.15, 0.2) is 70.2 Å². The maximum atomic E-state index is 12.7. The Morgan fingerprint density at radius 2 is 1.63 bits per heavy atom. The summed E-state index contributed by atoms with van der Waals surface area (Å²) < 4.78 is 32.7. The molecule has 0 aliphatic carbocycles. The Bertz CT molecular complexity index is 1150. The Morgan fingerprint density at radius 3 is 2.23 bits per heavy atom. The van der Waals surface area contributed by atoms with Crippen LogP contribution in [-0.2, 0) is 21.4 Å². The van der Waals surface area contributed by atoms with Crippen molar-refractivity contribution in [1.82, 2.24) is 4.72 Å². The Kier molecular flexibility index (Phi) is 6.34. The monoisotopic (exact) mass is 427 g/mol. The van der Waals surface area contributed by atoms with Crippen LogP contribution in [0.4, 0.5) is 11.4 Å². The SMILES string of the molecule is CC(=O)Nc1ccc(NC(=O)c2cc(S(=O)(=O)NCc3ccco3)ccc2C)cc1. The number of furan rings is 1. The van der Waals surface area contributed by atoms with Gasteiger partial charge in [-0.1, -0.05) is 6.07 Å². The molecule has 30 heavy (non-hydrogen) atoms. The van der Waals surface area contributed by atoms with Gasteiger partial charge in [-0.25, -0.2) is 13.1 Å². The lowest BCUT2D eigenvalue weighted by Crippen LogP contribution is -2.24. The second kappa shape index (κ2) is 8.93. The van der Waals surface area contributed by atoms with Gasteiger partial charge in [0.25, 0.3) is 5.91 Å². The number of carbonyl (C=O) groups excluding carboxylic acids is 2. The van der Waals surface area contributed by atoms with Crippen molar-refractivity contribution in [3.8, 4) is 0 Å². The van der Waals surface area contributed by atoms with E-state index in [1.54, 1.807) is 49.4 Å². The first kappa shape index (κ1) is 21.3. The Labute approximate surface area is 174 Å². The van der Waals surface area contributed by atoms with E-state index in [0.717, 1.165) is 0 Å². The smallest absolute Gasteiger partial charge is 0.255 e. The molecule has 3 N–H and O–H groups in total. The van der Waals surface area contributed by atoms with Crippen molar-refractivity contribution in [2.75, 3.05) is 10.6 Å². The normalized spacial score (nSPS) is 11.1. The molecule has 8 nitrogen and oxygen atoms in total. The highest BCUT2D eigenvalue weighted by molar-refractivity contribution is 7.89. The van der Waals surface area contributed by atoms with Crippen LogP contribution < -0.4 is 15.4 Å². The van der Waals surface area contributed by atoms with E-state index in [2.05, 4.69) is 15.4 Å². The molecule has 1 heterocycles. The third kappa shape index (κ3) is 5.34. The lowest BCUT2D eigenvalue weighted by molar-refractivity contribution is -0.114. The van der Waals surface area contributed by atoms with E-state index in [-0.39, 0.29) is 22.9 Å². The number of nitrogens with one attached hydrogen (secondary N) is 3. The minimum Gasteiger partial charge on any atom is -0.468 e. The molecule has 3 rings (SSSR count). The van der Waals surface area contributed by atoms with Gasteiger partial charge in [0.05, 0.1) is 17.7 Å². The average Bonchev–Trinajstić information content (AvgIpc) is 3.21. The first-order valence-corrected chi connectivity index (χ1v) is 10.5. The summed E-state index contributed by atoms with van der Waals surface area (Å²) in [5.41, 5.74) is 1.99. The van der Waals surface area contributed by atoms with Crippen LogP contribution in [-0.4, -0.2) is 20.2 Å². The molecule has 0 radical (unpaired) electrons. The molecule has 0 bridgehead atoms. The van der Waals surface area contributed by atoms with Gasteiger partial charge in [-0.3, -0.25) is 9.59 Å². The largest absolute Gasteiger partial charge is 0.468 e. The lowest BCUT2D eigenvalue weighted by atomic mass is 10.1. The first-order valence-electron chi connectivity index (χ1n) is 9.06. The predicted molar refractivity (Wildman–Crippen MR) is 113 cm³/mol. The van der Waals surface area contributed by atoms with Gasteiger partial charge in [0.2, 0.25) is 15.9 Å². The molecule has 0 unspecified atom stereocenters. The minimum absolute atomic E-state index is 0.00534. The fraction of sp³-hybridized carbons (Fsp3) is 0.143. The van der Waals surface area contributed by atoms with Gasteiger partial charge in [-0.05, 0) is 61.0 Å². The summed E-state index contributed by atoms with van der Waals surface area (Å²) in [5.74, 6) is -0.157. The van der Waals surface area contributed by atoms with Crippen LogP contribution in [0.5, 0.6) is 0 Å². The Balaban J connectivity index is 1.75. The molecule has 156 valence electrons. The molecule has 0 fully saturated rings. The molecule has 9 heteroatoms. The van der Waals surface area contributed by atoms with Gasteiger partial charge >= 0.3 is 0 Å². The van der Waals surface area contributed by atoms with Crippen LogP contribution in [0.25, 0.3) is 0 Å². The van der Waals surface area contributed by atoms with E-state index in [4.69, 9.17) is 4.42 Å². The number of rotatable bonds is 7. The molecule has 0 saturated heterocycles. The molecular formula is C21H21N3O5S. The second-order valence-corrected chi connectivity index (χ2v) is 8.36. The standard InChI is InChI=1S/C21H21N3O5S/c1-14-5-10-19(30(27,28)22-13-18-4-3-11-29-18)12-20(14)21(26)24-17-8-6-16(7-9-17)23-15(2)25/h3-12,22H,13H2,1-2H3,(H,23,25)(H,24,26). The summed E-state index contributed by atoms with van der Waals surface area (Å²) in [5, 5.41) is 5.37. The van der Waals surface area contributed by atoms with Crippen molar-refractivity contribution < 1.29 is 22.4 Å². The van der Waals surface area contributed by atoms with Crippen molar-refractivity contribution in [2.45, 2.75) is 25.3 Å². The van der Waals surface area contributed by atoms with Crippen molar-refractivity contribution >= 4 is 33.2 Å². The number of hydrogen-bond acceptors (Lipinski definition) is 5. The molecule has 3 aromatic rings. The zero-order valence-electron chi connectivity index (χ0n) is 16.4. The van der Waals surface area contributed by atoms with Crippen LogP contribution in [0.1, 0.15) is 28.6 Å². The summed E-state index contributed by atoms with van der Waals surface area (Å²) in [6, 6.07) is 14.3. The summed E-state index contributed by atoms with van der Waals surface area (Å²) in [4.78, 5) is 23.8. The molecule has 1 aromatic heterocycles. The van der Waals surface area contributed by atoms with Gasteiger partial charge in [0.15, 0.2) is 0 Å². The van der Waals surface area contributed by atoms with Gasteiger partial charge in [0, 0.05) is 23.9 Å². The first-order chi connectivity index (χ1) is 14.2. The molecular weight excluding hydrogens is 406 g/mol. The van der Waals surface area contributed by atoms with E-state index in [1.165, 1.54) is 25.3 Å². The van der Waals surface area contributed by atoms with Crippen LogP contribution in [0.3, 0.4) is 0 Å². The number of hydrogen-bond donors (Lipinski definition) is 3. The molecule has 2 aromatic carbocycles. The topological polar surface area (TPSA) is 118 Å². The van der Waals surface area contributed by atoms with Crippen molar-refractivity contribution in [2.24, 2.45) is 0 Å². The van der Waals surface area contributed by atoms with Crippen molar-refractivity contribution in [1.29, 1.82) is 0 Å². The molecule has 0 atom stereocenters. The van der Waals surface area contributed by atoms with Gasteiger partial charge in [-0.15, -0.1) is 0 Å². The van der Waals surface area contributed by atoms with Gasteiger partial charge < -0.3 is 15.1 Å². The van der Waals surface area contributed by atoms with Crippen LogP contribution in [0, 0.1) is 6.92 Å². The molecule has 0 aliphatic heterocycles. The highest BCUT2D eigenvalue weighted by atomic mass is 32.2. The quantitative estimate of drug-likeness (QED) is 0.535. The summed E-state index contributed by atoms with van der Waals surface area (Å²) in [6.07, 6.45) is 1.46. The Hall–Kier alpha value is -3.43. The van der Waals surface area contributed by atoms with E-state index >= 15 is 0 Å². The average molecular weight is 427 g/mol. The Morgan fingerprint density at radius 1 is 0.967 bits per heavy atom. The van der Waals surface area contributed by atoms with E-state index in [1.807, 2.05) is 0 Å². The van der Waals surface area contributed by atoms with E-state index in [9.17, 15) is 18.0 Å². The fourth-order valence-corrected chi connectivity index (χ4v) is 3.73. The predicted octanol–water partition coefficient (Wildman–Crippen LogP) is 3.28. The lowest BCUT2D eigenvalue weighted by Gasteiger charge is -2.11. The van der Waals surface area contributed by atoms with Gasteiger partial charge in [0.1, 0.15) is 5.76 Å². The molecule has 0 aliphatic rings. The summed E-state index contributed by atoms with van der Waals surface area (Å²) in [7, 11) is -3.83. The van der Waals surface area contributed by atoms with Crippen molar-refractivity contribution in [3.63, 3.8) is 0 Å². The number of carbonyl (C=O) groups is 2. The third-order valence-corrected chi connectivity index (χ3v) is 5.64. The van der Waals surface area contributed by atoms with Crippen LogP contribution >= 0.6 is 0 Å². The van der Waals surface area contributed by atoms with E-state index in [0.29, 0.717) is 22.7 Å². The number of sulfonamides is 1. The zero-order valence-corrected chi connectivity index (χ0v) is 17.2. The summed E-state index contributed by atoms with van der Waals surface area (Å²) >= 11 is 0. The van der Waals surface area contributed by atoms with Gasteiger partial charge in [-0.2, -0.15) is 0 Å². The fourth-order valence-electron chi connectivity index (χ4n) is 2.71. The molecule has 2 amide bonds. The zero-order chi connectivity index (χ0) is 21.7. The summed E-state index contributed by atoms with van der Waals surface area (Å²) in [6.45, 7) is 3.13. The van der Waals surface area contributed by atoms with Crippen molar-refractivity contribution in [3.05, 3.63) is 77.7 Å². The maximum Gasteiger partial charge on any atom is 0.255 e. The van der Waals surface area contributed by atoms with E-state index < -0.39 is 15.9 Å². The second-order valence-electron chi connectivity index (χ2n) is 6.59. The molecule has 0 saturated carbocycles.